The average Bonchev–Trinajstić information content (AvgIpc) is 2.54. The predicted molar refractivity (Wildman–Crippen MR) is 125 cm³/mol. The number of hydrogen-bond donors (Lipinski definition) is 5. The fourth-order valence-corrected chi connectivity index (χ4v) is 3.38. The van der Waals surface area contributed by atoms with E-state index in [9.17, 15) is 0 Å². The largest absolute Gasteiger partial charge is 0.481 e. The molecule has 0 aromatic heterocycles. The second-order valence-corrected chi connectivity index (χ2v) is 6.21. The van der Waals surface area contributed by atoms with E-state index in [0.29, 0.717) is 0 Å². The maximum Gasteiger partial charge on any atom is 0.300 e. The summed E-state index contributed by atoms with van der Waals surface area (Å²) in [6.45, 7) is 19.1. The lowest BCUT2D eigenvalue weighted by Gasteiger charge is -2.37. The van der Waals surface area contributed by atoms with Crippen molar-refractivity contribution < 1.29 is 9.90 Å². The van der Waals surface area contributed by atoms with Gasteiger partial charge in [-0.15, -0.1) is 109 Å². The lowest BCUT2D eigenvalue weighted by Crippen LogP contribution is -2.52. The molecule has 0 aromatic rings. The number of carboxylic acid groups (broad SMARTS) is 1. The van der Waals surface area contributed by atoms with Gasteiger partial charge in [0.2, 0.25) is 0 Å². The average molecular weight is 503 g/mol. The van der Waals surface area contributed by atoms with Gasteiger partial charge in [0.15, 0.2) is 0 Å². The topological polar surface area (TPSA) is 177 Å². The Labute approximate surface area is 188 Å². The van der Waals surface area contributed by atoms with Gasteiger partial charge >= 0.3 is 0 Å². The fraction of sp³-hybridized carbons (Fsp3) is 0.500. The Morgan fingerprint density at radius 2 is 0.615 bits per heavy atom. The van der Waals surface area contributed by atoms with E-state index in [1.807, 2.05) is 0 Å². The van der Waals surface area contributed by atoms with Crippen LogP contribution in [0, 0.1) is 0 Å². The summed E-state index contributed by atoms with van der Waals surface area (Å²) in [5.74, 6) is -0.833. The molecular weight excluding hydrogens is 469 g/mol. The van der Waals surface area contributed by atoms with Crippen LogP contribution in [-0.2, 0) is 4.79 Å². The van der Waals surface area contributed by atoms with Crippen LogP contribution in [0.15, 0.2) is 39.5 Å². The summed E-state index contributed by atoms with van der Waals surface area (Å²) >= 11 is 35.3. The molecular formula is C14H34Cl6N4O2. The molecule has 164 valence electrons. The molecule has 0 amide bonds. The van der Waals surface area contributed by atoms with Gasteiger partial charge < -0.3 is 29.7 Å². The number of hydrogen-bond acceptors (Lipinski definition) is 5. The minimum absolute atomic E-state index is 0. The monoisotopic (exact) mass is 500 g/mol. The third-order valence-electron chi connectivity index (χ3n) is 1.83. The standard InChI is InChI=1S/C6H6Cl6.C2H4O2.3C2H4.4H3N/c7-1-2(8)4(10)6(12)5(11)3(1)9;1-2(3)4;3*1-2;;;;/h1-6H;1H3,(H,3,4);3*1-2H2;4*1H3/t1-,2-,3-,4+,5+,6+;;;;;;;;. The lowest BCUT2D eigenvalue weighted by molar-refractivity contribution is -0.134. The Hall–Kier alpha value is 0.270. The molecule has 0 bridgehead atoms. The Kier molecular flexibility index (Phi) is 63.6. The van der Waals surface area contributed by atoms with Crippen LogP contribution in [-0.4, -0.2) is 43.3 Å². The SMILES string of the molecule is C=C.C=C.C=C.CC(=O)O.Cl[C@H]1[C@H](Cl)[C@@H](Cl)[C@@H](Cl)[C@H](Cl)[C@H]1Cl.N.N.N.N. The molecule has 0 unspecified atom stereocenters. The van der Waals surface area contributed by atoms with E-state index in [1.165, 1.54) is 0 Å². The van der Waals surface area contributed by atoms with Crippen LogP contribution < -0.4 is 24.6 Å². The number of alkyl halides is 6. The molecule has 12 heteroatoms. The van der Waals surface area contributed by atoms with Gasteiger partial charge in [-0.05, 0) is 0 Å². The minimum atomic E-state index is -0.833. The van der Waals surface area contributed by atoms with Crippen LogP contribution in [0.25, 0.3) is 0 Å². The summed E-state index contributed by atoms with van der Waals surface area (Å²) in [7, 11) is 0. The van der Waals surface area contributed by atoms with Crippen LogP contribution in [0.1, 0.15) is 6.92 Å². The smallest absolute Gasteiger partial charge is 0.300 e. The van der Waals surface area contributed by atoms with Crippen LogP contribution in [0.5, 0.6) is 0 Å². The molecule has 13 N–H and O–H groups in total. The van der Waals surface area contributed by atoms with E-state index in [-0.39, 0.29) is 24.6 Å². The highest BCUT2D eigenvalue weighted by molar-refractivity contribution is 6.45. The fourth-order valence-electron chi connectivity index (χ4n) is 1.05. The van der Waals surface area contributed by atoms with Gasteiger partial charge in [-0.2, -0.15) is 0 Å². The number of carboxylic acids is 1. The molecule has 6 nitrogen and oxygen atoms in total. The molecule has 1 fully saturated rings. The van der Waals surface area contributed by atoms with Gasteiger partial charge in [0.1, 0.15) is 0 Å². The molecule has 0 aliphatic heterocycles. The first kappa shape index (κ1) is 50.3. The van der Waals surface area contributed by atoms with Gasteiger partial charge in [0, 0.05) is 6.92 Å². The molecule has 0 heterocycles. The highest BCUT2D eigenvalue weighted by Gasteiger charge is 2.46. The summed E-state index contributed by atoms with van der Waals surface area (Å²) < 4.78 is 0. The molecule has 1 saturated carbocycles. The maximum atomic E-state index is 9.00. The number of halogens is 6. The highest BCUT2D eigenvalue weighted by Crippen LogP contribution is 2.39. The van der Waals surface area contributed by atoms with Crippen molar-refractivity contribution in [3.63, 3.8) is 0 Å². The molecule has 1 aliphatic carbocycles. The molecule has 0 radical (unpaired) electrons. The van der Waals surface area contributed by atoms with Crippen molar-refractivity contribution in [2.24, 2.45) is 0 Å². The van der Waals surface area contributed by atoms with Gasteiger partial charge in [-0.25, -0.2) is 0 Å². The van der Waals surface area contributed by atoms with E-state index in [4.69, 9.17) is 79.5 Å². The van der Waals surface area contributed by atoms with Crippen molar-refractivity contribution in [1.82, 2.24) is 24.6 Å². The third kappa shape index (κ3) is 22.3. The van der Waals surface area contributed by atoms with Crippen LogP contribution in [0.3, 0.4) is 0 Å². The van der Waals surface area contributed by atoms with Crippen molar-refractivity contribution in [3.05, 3.63) is 39.5 Å². The molecule has 0 spiro atoms. The molecule has 1 rings (SSSR count). The zero-order valence-corrected chi connectivity index (χ0v) is 19.7. The zero-order chi connectivity index (χ0) is 19.0. The first-order valence-electron chi connectivity index (χ1n) is 5.74. The summed E-state index contributed by atoms with van der Waals surface area (Å²) in [5, 5.41) is 4.80. The lowest BCUT2D eigenvalue weighted by atomic mass is 9.97. The van der Waals surface area contributed by atoms with Crippen molar-refractivity contribution >= 4 is 75.6 Å². The molecule has 0 atom stereocenters. The van der Waals surface area contributed by atoms with Gasteiger partial charge in [0.25, 0.3) is 5.97 Å². The van der Waals surface area contributed by atoms with Crippen molar-refractivity contribution in [1.29, 1.82) is 0 Å². The Morgan fingerprint density at radius 1 is 0.577 bits per heavy atom. The number of carbonyl (C=O) groups is 1. The number of aliphatic carboxylic acids is 1. The second kappa shape index (κ2) is 32.9. The molecule has 0 saturated heterocycles. The summed E-state index contributed by atoms with van der Waals surface area (Å²) in [6, 6.07) is 0. The van der Waals surface area contributed by atoms with Gasteiger partial charge in [0.05, 0.1) is 32.3 Å². The van der Waals surface area contributed by atoms with Crippen LogP contribution in [0.2, 0.25) is 0 Å². The normalized spacial score (nSPS) is 27.0. The third-order valence-corrected chi connectivity index (χ3v) is 5.86. The first-order valence-corrected chi connectivity index (χ1v) is 8.36. The summed E-state index contributed by atoms with van der Waals surface area (Å²) in [4.78, 5) is 9.00. The minimum Gasteiger partial charge on any atom is -0.481 e. The van der Waals surface area contributed by atoms with E-state index >= 15 is 0 Å². The van der Waals surface area contributed by atoms with Crippen molar-refractivity contribution in [3.8, 4) is 0 Å². The summed E-state index contributed by atoms with van der Waals surface area (Å²) in [6.07, 6.45) is 0. The zero-order valence-electron chi connectivity index (χ0n) is 15.2. The second-order valence-electron chi connectivity index (χ2n) is 3.19. The van der Waals surface area contributed by atoms with E-state index in [2.05, 4.69) is 39.5 Å². The Balaban J connectivity index is -0.0000000336. The van der Waals surface area contributed by atoms with Crippen LogP contribution in [0.4, 0.5) is 0 Å². The predicted octanol–water partition coefficient (Wildman–Crippen LogP) is 6.79. The highest BCUT2D eigenvalue weighted by atomic mass is 35.5. The molecule has 1 aliphatic rings. The van der Waals surface area contributed by atoms with E-state index in [1.54, 1.807) is 0 Å². The summed E-state index contributed by atoms with van der Waals surface area (Å²) in [5.41, 5.74) is 0. The number of rotatable bonds is 0. The Bertz CT molecular complexity index is 229. The quantitative estimate of drug-likeness (QED) is 0.179. The van der Waals surface area contributed by atoms with Gasteiger partial charge in [-0.1, -0.05) is 0 Å². The van der Waals surface area contributed by atoms with Gasteiger partial charge in [-0.3, -0.25) is 4.79 Å². The maximum absolute atomic E-state index is 9.00. The van der Waals surface area contributed by atoms with Crippen molar-refractivity contribution in [2.45, 2.75) is 39.2 Å². The Morgan fingerprint density at radius 3 is 0.654 bits per heavy atom. The van der Waals surface area contributed by atoms with E-state index < -0.39 is 38.2 Å². The molecule has 26 heavy (non-hydrogen) atoms. The van der Waals surface area contributed by atoms with Crippen molar-refractivity contribution in [2.75, 3.05) is 0 Å². The molecule has 0 aromatic carbocycles. The van der Waals surface area contributed by atoms with E-state index in [0.717, 1.165) is 6.92 Å². The van der Waals surface area contributed by atoms with Crippen LogP contribution >= 0.6 is 69.6 Å². The first-order chi connectivity index (χ1) is 10.2.